The normalized spacial score (nSPS) is 21.1. The maximum absolute atomic E-state index is 14.2. The first-order chi connectivity index (χ1) is 25.0. The molecule has 14 nitrogen and oxygen atoms in total. The highest BCUT2D eigenvalue weighted by atomic mass is 16.6. The van der Waals surface area contributed by atoms with Crippen molar-refractivity contribution in [2.45, 2.75) is 82.1 Å². The summed E-state index contributed by atoms with van der Waals surface area (Å²) < 4.78 is 13.0. The van der Waals surface area contributed by atoms with E-state index in [4.69, 9.17) is 9.15 Å². The highest BCUT2D eigenvalue weighted by Gasteiger charge is 2.38. The Morgan fingerprint density at radius 2 is 1.63 bits per heavy atom. The summed E-state index contributed by atoms with van der Waals surface area (Å²) in [7, 11) is 1.65. The van der Waals surface area contributed by atoms with Crippen LogP contribution in [0.4, 0.5) is 15.3 Å². The van der Waals surface area contributed by atoms with E-state index in [1.807, 2.05) is 42.2 Å². The Balaban J connectivity index is 1.01. The third-order valence-corrected chi connectivity index (χ3v) is 11.7. The summed E-state index contributed by atoms with van der Waals surface area (Å²) in [4.78, 5) is 60.9. The lowest BCUT2D eigenvalue weighted by molar-refractivity contribution is -0.143. The number of nitrogens with one attached hydrogen (secondary N) is 1. The van der Waals surface area contributed by atoms with Gasteiger partial charge >= 0.3 is 17.9 Å². The number of ether oxygens (including phenoxy) is 1. The monoisotopic (exact) mass is 718 g/mol. The fraction of sp³-hybridized carbons (Fsp3) is 0.579. The Morgan fingerprint density at radius 3 is 2.35 bits per heavy atom. The molecule has 0 bridgehead atoms. The summed E-state index contributed by atoms with van der Waals surface area (Å²) in [5.74, 6) is -0.736. The maximum atomic E-state index is 14.2. The SMILES string of the molecule is Cc1cc(C[C@@H](OC(=O)N2CCC(N3CCc4ccccc4NC3=O)CC2)C(=O)N2CCC(N3CCC(O)(CO)CC3)CC2)cc2oc(=O)n(C)c12. The van der Waals surface area contributed by atoms with Gasteiger partial charge in [0.25, 0.3) is 5.91 Å². The van der Waals surface area contributed by atoms with Crippen molar-refractivity contribution in [2.75, 3.05) is 57.7 Å². The van der Waals surface area contributed by atoms with Crippen molar-refractivity contribution < 1.29 is 33.8 Å². The lowest BCUT2D eigenvalue weighted by Crippen LogP contribution is -2.54. The van der Waals surface area contributed by atoms with Gasteiger partial charge in [-0.3, -0.25) is 9.36 Å². The molecule has 52 heavy (non-hydrogen) atoms. The van der Waals surface area contributed by atoms with E-state index in [9.17, 15) is 29.4 Å². The molecule has 3 saturated heterocycles. The Labute approximate surface area is 302 Å². The number of aryl methyl sites for hydroxylation is 2. The fourth-order valence-corrected chi connectivity index (χ4v) is 8.50. The molecule has 2 aromatic carbocycles. The van der Waals surface area contributed by atoms with Gasteiger partial charge in [-0.2, -0.15) is 0 Å². The van der Waals surface area contributed by atoms with Crippen LogP contribution in [0.2, 0.25) is 0 Å². The van der Waals surface area contributed by atoms with Crippen LogP contribution in [0.3, 0.4) is 0 Å². The maximum Gasteiger partial charge on any atom is 0.419 e. The van der Waals surface area contributed by atoms with E-state index in [0.717, 1.165) is 41.6 Å². The minimum absolute atomic E-state index is 0.0235. The second-order valence-electron chi connectivity index (χ2n) is 15.0. The number of urea groups is 1. The Hall–Kier alpha value is -4.40. The first-order valence-electron chi connectivity index (χ1n) is 18.6. The lowest BCUT2D eigenvalue weighted by atomic mass is 9.90. The second kappa shape index (κ2) is 14.9. The minimum atomic E-state index is -1.08. The number of amides is 4. The van der Waals surface area contributed by atoms with Gasteiger partial charge in [0.1, 0.15) is 0 Å². The van der Waals surface area contributed by atoms with E-state index in [1.54, 1.807) is 22.9 Å². The molecule has 0 saturated carbocycles. The van der Waals surface area contributed by atoms with Crippen molar-refractivity contribution in [2.24, 2.45) is 7.05 Å². The van der Waals surface area contributed by atoms with Gasteiger partial charge in [-0.05, 0) is 80.7 Å². The molecule has 4 aliphatic heterocycles. The quantitative estimate of drug-likeness (QED) is 0.334. The largest absolute Gasteiger partial charge is 0.436 e. The molecule has 1 atom stereocenters. The molecule has 3 fully saturated rings. The van der Waals surface area contributed by atoms with E-state index in [0.29, 0.717) is 82.6 Å². The molecule has 4 aliphatic rings. The summed E-state index contributed by atoms with van der Waals surface area (Å²) in [6.07, 6.45) is 2.97. The average Bonchev–Trinajstić information content (AvgIpc) is 3.33. The third kappa shape index (κ3) is 7.42. The molecule has 1 aromatic heterocycles. The molecule has 7 rings (SSSR count). The second-order valence-corrected chi connectivity index (χ2v) is 15.0. The number of hydrogen-bond donors (Lipinski definition) is 3. The number of aliphatic hydroxyl groups is 2. The number of carbonyl (C=O) groups is 3. The van der Waals surface area contributed by atoms with Crippen LogP contribution in [-0.4, -0.2) is 129 Å². The number of para-hydroxylation sites is 1. The molecule has 3 N–H and O–H groups in total. The summed E-state index contributed by atoms with van der Waals surface area (Å²) in [5, 5.41) is 23.0. The van der Waals surface area contributed by atoms with Crippen LogP contribution in [0.25, 0.3) is 11.1 Å². The van der Waals surface area contributed by atoms with Crippen LogP contribution >= 0.6 is 0 Å². The van der Waals surface area contributed by atoms with Crippen molar-refractivity contribution in [1.82, 2.24) is 24.2 Å². The van der Waals surface area contributed by atoms with Crippen molar-refractivity contribution in [3.8, 4) is 0 Å². The first kappa shape index (κ1) is 36.0. The van der Waals surface area contributed by atoms with Gasteiger partial charge < -0.3 is 44.3 Å². The number of fused-ring (bicyclic) bond motifs is 2. The standard InChI is InChI=1S/C38H50N6O8/c1-25-21-26(22-31-33(25)40(2)36(48)51-31)23-32(34(46)42-14-8-28(9-15-42)41-19-12-38(50,24-45)13-20-41)52-37(49)43-16-10-29(11-17-43)44-18-7-27-5-3-4-6-30(27)39-35(44)47/h3-6,21-22,28-29,32,45,50H,7-20,23-24H2,1-2H3,(H,39,47)/t32-/m1/s1. The number of piperidine rings is 3. The fourth-order valence-electron chi connectivity index (χ4n) is 8.50. The molecular formula is C38H50N6O8. The van der Waals surface area contributed by atoms with Gasteiger partial charge in [0.15, 0.2) is 11.7 Å². The number of aromatic nitrogens is 1. The summed E-state index contributed by atoms with van der Waals surface area (Å²) >= 11 is 0. The van der Waals surface area contributed by atoms with Crippen LogP contribution in [0.1, 0.15) is 55.2 Å². The van der Waals surface area contributed by atoms with Crippen LogP contribution < -0.4 is 11.1 Å². The van der Waals surface area contributed by atoms with Gasteiger partial charge in [0.05, 0.1) is 17.7 Å². The molecule has 0 radical (unpaired) electrons. The van der Waals surface area contributed by atoms with Crippen LogP contribution in [-0.2, 0) is 29.4 Å². The minimum Gasteiger partial charge on any atom is -0.436 e. The zero-order valence-corrected chi connectivity index (χ0v) is 30.1. The van der Waals surface area contributed by atoms with Crippen molar-refractivity contribution >= 4 is 34.8 Å². The van der Waals surface area contributed by atoms with E-state index in [1.165, 1.54) is 4.57 Å². The van der Waals surface area contributed by atoms with Crippen LogP contribution in [0, 0.1) is 6.92 Å². The Bertz CT molecular complexity index is 1850. The number of nitrogens with zero attached hydrogens (tertiary/aromatic N) is 5. The predicted octanol–water partition coefficient (Wildman–Crippen LogP) is 2.85. The number of likely N-dealkylation sites (tertiary alicyclic amines) is 3. The highest BCUT2D eigenvalue weighted by molar-refractivity contribution is 5.91. The number of benzene rings is 2. The number of anilines is 1. The molecule has 0 aliphatic carbocycles. The summed E-state index contributed by atoms with van der Waals surface area (Å²) in [5.41, 5.74) is 3.55. The molecule has 0 spiro atoms. The van der Waals surface area contributed by atoms with E-state index >= 15 is 0 Å². The third-order valence-electron chi connectivity index (χ3n) is 11.7. The van der Waals surface area contributed by atoms with Crippen molar-refractivity contribution in [3.05, 3.63) is 63.6 Å². The van der Waals surface area contributed by atoms with E-state index < -0.39 is 23.6 Å². The van der Waals surface area contributed by atoms with Gasteiger partial charge in [-0.15, -0.1) is 0 Å². The Morgan fingerprint density at radius 1 is 0.962 bits per heavy atom. The zero-order valence-electron chi connectivity index (χ0n) is 30.1. The number of oxazole rings is 1. The predicted molar refractivity (Wildman–Crippen MR) is 193 cm³/mol. The molecule has 3 aromatic rings. The van der Waals surface area contributed by atoms with Crippen molar-refractivity contribution in [3.63, 3.8) is 0 Å². The molecule has 280 valence electrons. The zero-order chi connectivity index (χ0) is 36.6. The molecule has 4 amide bonds. The summed E-state index contributed by atoms with van der Waals surface area (Å²) in [6.45, 7) is 5.44. The van der Waals surface area contributed by atoms with E-state index in [2.05, 4.69) is 10.2 Å². The number of aliphatic hydroxyl groups excluding tert-OH is 1. The van der Waals surface area contributed by atoms with Gasteiger partial charge in [-0.1, -0.05) is 24.3 Å². The van der Waals surface area contributed by atoms with Gasteiger partial charge in [-0.25, -0.2) is 14.4 Å². The molecular weight excluding hydrogens is 668 g/mol. The van der Waals surface area contributed by atoms with Crippen LogP contribution in [0.15, 0.2) is 45.6 Å². The topological polar surface area (TPSA) is 161 Å². The highest BCUT2D eigenvalue weighted by Crippen LogP contribution is 2.29. The number of rotatable bonds is 7. The van der Waals surface area contributed by atoms with Gasteiger partial charge in [0, 0.05) is 77.1 Å². The lowest BCUT2D eigenvalue weighted by Gasteiger charge is -2.44. The first-order valence-corrected chi connectivity index (χ1v) is 18.6. The van der Waals surface area contributed by atoms with Crippen LogP contribution in [0.5, 0.6) is 0 Å². The number of hydrogen-bond acceptors (Lipinski definition) is 9. The Kier molecular flexibility index (Phi) is 10.3. The molecule has 5 heterocycles. The average molecular weight is 719 g/mol. The van der Waals surface area contributed by atoms with Crippen molar-refractivity contribution in [1.29, 1.82) is 0 Å². The molecule has 14 heteroatoms. The van der Waals surface area contributed by atoms with E-state index in [-0.39, 0.29) is 37.0 Å². The van der Waals surface area contributed by atoms with Gasteiger partial charge in [0.2, 0.25) is 0 Å². The number of carbonyl (C=O) groups excluding carboxylic acids is 3. The molecule has 0 unspecified atom stereocenters. The smallest absolute Gasteiger partial charge is 0.419 e. The summed E-state index contributed by atoms with van der Waals surface area (Å²) in [6, 6.07) is 11.6.